The fourth-order valence-electron chi connectivity index (χ4n) is 1.62. The van der Waals surface area contributed by atoms with E-state index in [1.165, 1.54) is 0 Å². The summed E-state index contributed by atoms with van der Waals surface area (Å²) in [5.41, 5.74) is 2.35. The Bertz CT molecular complexity index is 142. The molecule has 1 rings (SSSR count). The van der Waals surface area contributed by atoms with Gasteiger partial charge in [-0.2, -0.15) is 5.48 Å². The summed E-state index contributed by atoms with van der Waals surface area (Å²) < 4.78 is 0. The molecule has 1 aliphatic carbocycles. The summed E-state index contributed by atoms with van der Waals surface area (Å²) >= 11 is 0. The lowest BCUT2D eigenvalue weighted by Gasteiger charge is -2.22. The number of rotatable bonds is 5. The van der Waals surface area contributed by atoms with Gasteiger partial charge in [0.05, 0.1) is 12.2 Å². The number of hydrogen-bond acceptors (Lipinski definition) is 3. The van der Waals surface area contributed by atoms with Crippen molar-refractivity contribution in [2.24, 2.45) is 5.92 Å². The minimum Gasteiger partial charge on any atom is -0.388 e. The van der Waals surface area contributed by atoms with Gasteiger partial charge in [0.15, 0.2) is 0 Å². The van der Waals surface area contributed by atoms with E-state index in [-0.39, 0.29) is 0 Å². The van der Waals surface area contributed by atoms with Gasteiger partial charge in [0, 0.05) is 6.54 Å². The van der Waals surface area contributed by atoms with E-state index >= 15 is 0 Å². The molecule has 0 heterocycles. The van der Waals surface area contributed by atoms with Crippen molar-refractivity contribution in [3.8, 4) is 0 Å². The third kappa shape index (κ3) is 4.07. The quantitative estimate of drug-likeness (QED) is 0.506. The van der Waals surface area contributed by atoms with Crippen molar-refractivity contribution in [1.29, 1.82) is 0 Å². The Morgan fingerprint density at radius 2 is 2.00 bits per heavy atom. The molecule has 13 heavy (non-hydrogen) atoms. The SMILES string of the molecule is CC(C)CONCC1(O)CCCC1. The fraction of sp³-hybridized carbons (Fsp3) is 1.00. The predicted molar refractivity (Wildman–Crippen MR) is 52.2 cm³/mol. The Kier molecular flexibility index (Phi) is 4.16. The first kappa shape index (κ1) is 11.0. The second kappa shape index (κ2) is 4.94. The normalized spacial score (nSPS) is 21.2. The van der Waals surface area contributed by atoms with Crippen LogP contribution in [0.15, 0.2) is 0 Å². The minimum absolute atomic E-state index is 0.503. The fourth-order valence-corrected chi connectivity index (χ4v) is 1.62. The summed E-state index contributed by atoms with van der Waals surface area (Å²) in [6, 6.07) is 0. The van der Waals surface area contributed by atoms with Gasteiger partial charge in [-0.25, -0.2) is 0 Å². The molecule has 0 spiro atoms. The van der Waals surface area contributed by atoms with Gasteiger partial charge >= 0.3 is 0 Å². The molecule has 2 N–H and O–H groups in total. The van der Waals surface area contributed by atoms with E-state index in [1.54, 1.807) is 0 Å². The van der Waals surface area contributed by atoms with Gasteiger partial charge in [-0.15, -0.1) is 0 Å². The number of nitrogens with one attached hydrogen (secondary N) is 1. The van der Waals surface area contributed by atoms with Crippen LogP contribution in [0.2, 0.25) is 0 Å². The van der Waals surface area contributed by atoms with Crippen molar-refractivity contribution in [2.45, 2.75) is 45.1 Å². The van der Waals surface area contributed by atoms with Crippen molar-refractivity contribution in [2.75, 3.05) is 13.2 Å². The zero-order chi connectivity index (χ0) is 9.73. The van der Waals surface area contributed by atoms with Crippen LogP contribution < -0.4 is 5.48 Å². The maximum absolute atomic E-state index is 9.91. The average Bonchev–Trinajstić information content (AvgIpc) is 2.47. The molecule has 0 aromatic carbocycles. The van der Waals surface area contributed by atoms with E-state index in [2.05, 4.69) is 19.3 Å². The Balaban J connectivity index is 2.04. The topological polar surface area (TPSA) is 41.5 Å². The second-order valence-electron chi connectivity index (χ2n) is 4.46. The number of hydrogen-bond donors (Lipinski definition) is 2. The highest BCUT2D eigenvalue weighted by Gasteiger charge is 2.30. The highest BCUT2D eigenvalue weighted by atomic mass is 16.6. The first-order valence-corrected chi connectivity index (χ1v) is 5.19. The molecule has 0 unspecified atom stereocenters. The summed E-state index contributed by atoms with van der Waals surface area (Å²) in [5, 5.41) is 9.91. The maximum Gasteiger partial charge on any atom is 0.0794 e. The van der Waals surface area contributed by atoms with Crippen molar-refractivity contribution in [1.82, 2.24) is 5.48 Å². The minimum atomic E-state index is -0.503. The van der Waals surface area contributed by atoms with Crippen LogP contribution in [0.1, 0.15) is 39.5 Å². The summed E-state index contributed by atoms with van der Waals surface area (Å²) in [6.45, 7) is 5.48. The molecule has 3 heteroatoms. The molecule has 0 amide bonds. The van der Waals surface area contributed by atoms with Gasteiger partial charge in [0.1, 0.15) is 0 Å². The second-order valence-corrected chi connectivity index (χ2v) is 4.46. The highest BCUT2D eigenvalue weighted by Crippen LogP contribution is 2.28. The van der Waals surface area contributed by atoms with Gasteiger partial charge in [-0.3, -0.25) is 0 Å². The Hall–Kier alpha value is -0.120. The first-order valence-electron chi connectivity index (χ1n) is 5.19. The van der Waals surface area contributed by atoms with E-state index in [4.69, 9.17) is 4.84 Å². The van der Waals surface area contributed by atoms with Crippen LogP contribution >= 0.6 is 0 Å². The van der Waals surface area contributed by atoms with E-state index in [9.17, 15) is 5.11 Å². The standard InChI is InChI=1S/C10H21NO2/c1-9(2)7-13-11-8-10(12)5-3-4-6-10/h9,11-12H,3-8H2,1-2H3. The summed E-state index contributed by atoms with van der Waals surface area (Å²) in [4.78, 5) is 5.21. The summed E-state index contributed by atoms with van der Waals surface area (Å²) in [7, 11) is 0. The van der Waals surface area contributed by atoms with Crippen LogP contribution in [0.25, 0.3) is 0 Å². The van der Waals surface area contributed by atoms with Gasteiger partial charge in [0.25, 0.3) is 0 Å². The highest BCUT2D eigenvalue weighted by molar-refractivity contribution is 4.84. The lowest BCUT2D eigenvalue weighted by Crippen LogP contribution is -2.38. The number of hydroxylamine groups is 1. The smallest absolute Gasteiger partial charge is 0.0794 e. The average molecular weight is 187 g/mol. The van der Waals surface area contributed by atoms with Crippen LogP contribution in [-0.2, 0) is 4.84 Å². The van der Waals surface area contributed by atoms with Crippen molar-refractivity contribution in [3.63, 3.8) is 0 Å². The molecule has 0 radical (unpaired) electrons. The Morgan fingerprint density at radius 1 is 1.38 bits per heavy atom. The van der Waals surface area contributed by atoms with Gasteiger partial charge in [-0.05, 0) is 18.8 Å². The molecule has 0 saturated heterocycles. The molecular weight excluding hydrogens is 166 g/mol. The zero-order valence-electron chi connectivity index (χ0n) is 8.68. The molecule has 1 fully saturated rings. The van der Waals surface area contributed by atoms with E-state index in [0.29, 0.717) is 19.1 Å². The first-order chi connectivity index (χ1) is 6.12. The molecule has 3 nitrogen and oxygen atoms in total. The molecule has 0 atom stereocenters. The van der Waals surface area contributed by atoms with Crippen LogP contribution in [0.5, 0.6) is 0 Å². The third-order valence-electron chi connectivity index (χ3n) is 2.45. The van der Waals surface area contributed by atoms with Crippen molar-refractivity contribution >= 4 is 0 Å². The Labute approximate surface area is 80.4 Å². The van der Waals surface area contributed by atoms with Gasteiger partial charge < -0.3 is 9.94 Å². The molecule has 0 aliphatic heterocycles. The molecule has 0 aromatic heterocycles. The Morgan fingerprint density at radius 3 is 2.54 bits per heavy atom. The molecular formula is C10H21NO2. The largest absolute Gasteiger partial charge is 0.388 e. The zero-order valence-corrected chi connectivity index (χ0v) is 8.68. The lowest BCUT2D eigenvalue weighted by atomic mass is 10.0. The van der Waals surface area contributed by atoms with Gasteiger partial charge in [-0.1, -0.05) is 26.7 Å². The van der Waals surface area contributed by atoms with Crippen LogP contribution in [-0.4, -0.2) is 23.9 Å². The third-order valence-corrected chi connectivity index (χ3v) is 2.45. The van der Waals surface area contributed by atoms with E-state index in [0.717, 1.165) is 25.7 Å². The van der Waals surface area contributed by atoms with Crippen molar-refractivity contribution in [3.05, 3.63) is 0 Å². The van der Waals surface area contributed by atoms with Crippen LogP contribution in [0.3, 0.4) is 0 Å². The molecule has 1 aliphatic rings. The summed E-state index contributed by atoms with van der Waals surface area (Å²) in [5.74, 6) is 0.533. The van der Waals surface area contributed by atoms with Gasteiger partial charge in [0.2, 0.25) is 0 Å². The maximum atomic E-state index is 9.91. The monoisotopic (exact) mass is 187 g/mol. The predicted octanol–water partition coefficient (Wildman–Crippen LogP) is 1.47. The summed E-state index contributed by atoms with van der Waals surface area (Å²) in [6.07, 6.45) is 4.10. The molecule has 78 valence electrons. The van der Waals surface area contributed by atoms with Crippen LogP contribution in [0.4, 0.5) is 0 Å². The number of aliphatic hydroxyl groups is 1. The van der Waals surface area contributed by atoms with Crippen LogP contribution in [0, 0.1) is 5.92 Å². The lowest BCUT2D eigenvalue weighted by molar-refractivity contribution is -0.0364. The molecule has 1 saturated carbocycles. The van der Waals surface area contributed by atoms with E-state index < -0.39 is 5.60 Å². The van der Waals surface area contributed by atoms with Crippen molar-refractivity contribution < 1.29 is 9.94 Å². The molecule has 0 aromatic rings. The molecule has 0 bridgehead atoms. The van der Waals surface area contributed by atoms with E-state index in [1.807, 2.05) is 0 Å².